The van der Waals surface area contributed by atoms with Crippen molar-refractivity contribution in [3.05, 3.63) is 84.7 Å². The molecule has 1 aliphatic rings. The van der Waals surface area contributed by atoms with Crippen molar-refractivity contribution in [2.45, 2.75) is 12.8 Å². The van der Waals surface area contributed by atoms with Crippen molar-refractivity contribution in [2.75, 3.05) is 36.4 Å². The Bertz CT molecular complexity index is 1080. The van der Waals surface area contributed by atoms with Crippen LogP contribution in [0.5, 0.6) is 11.5 Å². The number of nitrogens with one attached hydrogen (secondary N) is 1. The van der Waals surface area contributed by atoms with Gasteiger partial charge in [0.15, 0.2) is 0 Å². The van der Waals surface area contributed by atoms with E-state index in [1.54, 1.807) is 47.4 Å². The molecular formula is C26H26FN3O3. The van der Waals surface area contributed by atoms with Gasteiger partial charge in [0.2, 0.25) is 11.8 Å². The number of anilines is 2. The van der Waals surface area contributed by atoms with Gasteiger partial charge in [0.05, 0.1) is 5.69 Å². The van der Waals surface area contributed by atoms with Crippen LogP contribution in [0, 0.1) is 5.82 Å². The van der Waals surface area contributed by atoms with Gasteiger partial charge in [-0.3, -0.25) is 9.59 Å². The van der Waals surface area contributed by atoms with Gasteiger partial charge in [-0.2, -0.15) is 0 Å². The third-order valence-electron chi connectivity index (χ3n) is 5.51. The van der Waals surface area contributed by atoms with E-state index in [1.807, 2.05) is 35.2 Å². The second kappa shape index (κ2) is 10.6. The van der Waals surface area contributed by atoms with Gasteiger partial charge in [-0.25, -0.2) is 4.39 Å². The topological polar surface area (TPSA) is 61.9 Å². The first-order valence-corrected chi connectivity index (χ1v) is 11.0. The maximum absolute atomic E-state index is 14.0. The molecule has 2 amide bonds. The number of amides is 2. The lowest BCUT2D eigenvalue weighted by Gasteiger charge is -2.36. The number of nitrogens with zero attached hydrogens (tertiary/aromatic N) is 2. The molecule has 0 saturated carbocycles. The Hall–Kier alpha value is -3.87. The van der Waals surface area contributed by atoms with Crippen LogP contribution in [0.4, 0.5) is 15.8 Å². The number of ether oxygens (including phenoxy) is 1. The number of hydrogen-bond acceptors (Lipinski definition) is 4. The molecule has 4 rings (SSSR count). The maximum atomic E-state index is 14.0. The molecule has 3 aromatic carbocycles. The van der Waals surface area contributed by atoms with E-state index in [9.17, 15) is 14.0 Å². The molecule has 1 heterocycles. The van der Waals surface area contributed by atoms with E-state index in [2.05, 4.69) is 5.32 Å². The van der Waals surface area contributed by atoms with E-state index in [4.69, 9.17) is 4.74 Å². The second-order valence-electron chi connectivity index (χ2n) is 7.81. The smallest absolute Gasteiger partial charge is 0.224 e. The Morgan fingerprint density at radius 3 is 2.12 bits per heavy atom. The van der Waals surface area contributed by atoms with Gasteiger partial charge in [-0.1, -0.05) is 30.3 Å². The summed E-state index contributed by atoms with van der Waals surface area (Å²) in [5, 5.41) is 2.81. The minimum Gasteiger partial charge on any atom is -0.457 e. The molecule has 7 heteroatoms. The zero-order chi connectivity index (χ0) is 23.0. The molecule has 6 nitrogen and oxygen atoms in total. The molecule has 0 radical (unpaired) electrons. The summed E-state index contributed by atoms with van der Waals surface area (Å²) in [6, 6.07) is 23.2. The van der Waals surface area contributed by atoms with Gasteiger partial charge in [-0.05, 0) is 48.5 Å². The second-order valence-corrected chi connectivity index (χ2v) is 7.81. The molecular weight excluding hydrogens is 421 g/mol. The third kappa shape index (κ3) is 6.10. The number of para-hydroxylation sites is 2. The molecule has 3 aromatic rings. The number of piperazine rings is 1. The summed E-state index contributed by atoms with van der Waals surface area (Å²) in [6.45, 7) is 2.15. The molecule has 170 valence electrons. The first-order chi connectivity index (χ1) is 16.1. The number of benzene rings is 3. The number of carbonyl (C=O) groups is 2. The Balaban J connectivity index is 1.20. The molecule has 0 bridgehead atoms. The van der Waals surface area contributed by atoms with E-state index in [1.165, 1.54) is 6.07 Å². The van der Waals surface area contributed by atoms with Gasteiger partial charge in [0.1, 0.15) is 17.3 Å². The van der Waals surface area contributed by atoms with Crippen LogP contribution >= 0.6 is 0 Å². The van der Waals surface area contributed by atoms with Gasteiger partial charge < -0.3 is 19.9 Å². The fraction of sp³-hybridized carbons (Fsp3) is 0.231. The van der Waals surface area contributed by atoms with Crippen LogP contribution in [-0.4, -0.2) is 42.9 Å². The number of halogens is 1. The van der Waals surface area contributed by atoms with Crippen molar-refractivity contribution < 1.29 is 18.7 Å². The largest absolute Gasteiger partial charge is 0.457 e. The summed E-state index contributed by atoms with van der Waals surface area (Å²) in [5.41, 5.74) is 1.20. The molecule has 0 aliphatic carbocycles. The first kappa shape index (κ1) is 22.3. The zero-order valence-corrected chi connectivity index (χ0v) is 18.2. The van der Waals surface area contributed by atoms with Crippen molar-refractivity contribution in [3.63, 3.8) is 0 Å². The van der Waals surface area contributed by atoms with Crippen LogP contribution in [0.1, 0.15) is 12.8 Å². The number of carbonyl (C=O) groups excluding carboxylic acids is 2. The lowest BCUT2D eigenvalue weighted by molar-refractivity contribution is -0.133. The molecule has 1 fully saturated rings. The van der Waals surface area contributed by atoms with E-state index in [-0.39, 0.29) is 30.5 Å². The van der Waals surface area contributed by atoms with Crippen LogP contribution in [-0.2, 0) is 9.59 Å². The molecule has 33 heavy (non-hydrogen) atoms. The van der Waals surface area contributed by atoms with Gasteiger partial charge in [0, 0.05) is 44.7 Å². The maximum Gasteiger partial charge on any atom is 0.224 e. The summed E-state index contributed by atoms with van der Waals surface area (Å²) in [4.78, 5) is 28.5. The summed E-state index contributed by atoms with van der Waals surface area (Å²) in [7, 11) is 0. The van der Waals surface area contributed by atoms with Gasteiger partial charge in [-0.15, -0.1) is 0 Å². The fourth-order valence-electron chi connectivity index (χ4n) is 3.74. The lowest BCUT2D eigenvalue weighted by atomic mass is 10.2. The summed E-state index contributed by atoms with van der Waals surface area (Å²) < 4.78 is 19.7. The summed E-state index contributed by atoms with van der Waals surface area (Å²) >= 11 is 0. The number of rotatable bonds is 7. The zero-order valence-electron chi connectivity index (χ0n) is 18.2. The third-order valence-corrected chi connectivity index (χ3v) is 5.51. The monoisotopic (exact) mass is 447 g/mol. The lowest BCUT2D eigenvalue weighted by Crippen LogP contribution is -2.49. The van der Waals surface area contributed by atoms with Crippen molar-refractivity contribution in [1.82, 2.24) is 4.90 Å². The van der Waals surface area contributed by atoms with Gasteiger partial charge >= 0.3 is 0 Å². The number of hydrogen-bond donors (Lipinski definition) is 1. The molecule has 0 spiro atoms. The molecule has 1 aliphatic heterocycles. The van der Waals surface area contributed by atoms with Crippen LogP contribution < -0.4 is 15.0 Å². The Morgan fingerprint density at radius 2 is 1.42 bits per heavy atom. The highest BCUT2D eigenvalue weighted by Gasteiger charge is 2.23. The SMILES string of the molecule is O=C(CCC(=O)N1CCN(c2ccccc2F)CC1)Nc1ccc(Oc2ccccc2)cc1. The van der Waals surface area contributed by atoms with Crippen molar-refractivity contribution in [1.29, 1.82) is 0 Å². The van der Waals surface area contributed by atoms with Crippen molar-refractivity contribution >= 4 is 23.2 Å². The standard InChI is InChI=1S/C26H26FN3O3/c27-23-8-4-5-9-24(23)29-16-18-30(19-17-29)26(32)15-14-25(31)28-20-10-12-22(13-11-20)33-21-6-2-1-3-7-21/h1-13H,14-19H2,(H,28,31). The normalized spacial score (nSPS) is 13.5. The minimum absolute atomic E-state index is 0.0649. The van der Waals surface area contributed by atoms with E-state index < -0.39 is 0 Å². The van der Waals surface area contributed by atoms with Crippen LogP contribution in [0.15, 0.2) is 78.9 Å². The van der Waals surface area contributed by atoms with E-state index >= 15 is 0 Å². The summed E-state index contributed by atoms with van der Waals surface area (Å²) in [5.74, 6) is 0.870. The van der Waals surface area contributed by atoms with Gasteiger partial charge in [0.25, 0.3) is 0 Å². The van der Waals surface area contributed by atoms with Crippen LogP contribution in [0.25, 0.3) is 0 Å². The minimum atomic E-state index is -0.256. The van der Waals surface area contributed by atoms with E-state index in [0.29, 0.717) is 43.3 Å². The highest BCUT2D eigenvalue weighted by Crippen LogP contribution is 2.23. The predicted octanol–water partition coefficient (Wildman–Crippen LogP) is 4.69. The predicted molar refractivity (Wildman–Crippen MR) is 126 cm³/mol. The molecule has 0 unspecified atom stereocenters. The average Bonchev–Trinajstić information content (AvgIpc) is 2.85. The van der Waals surface area contributed by atoms with E-state index in [0.717, 1.165) is 5.75 Å². The quantitative estimate of drug-likeness (QED) is 0.571. The fourth-order valence-corrected chi connectivity index (χ4v) is 3.74. The highest BCUT2D eigenvalue weighted by atomic mass is 19.1. The van der Waals surface area contributed by atoms with Crippen LogP contribution in [0.2, 0.25) is 0 Å². The molecule has 1 saturated heterocycles. The molecule has 0 aromatic heterocycles. The van der Waals surface area contributed by atoms with Crippen LogP contribution in [0.3, 0.4) is 0 Å². The molecule has 1 N–H and O–H groups in total. The Labute approximate surface area is 192 Å². The summed E-state index contributed by atoms with van der Waals surface area (Å²) in [6.07, 6.45) is 0.245. The first-order valence-electron chi connectivity index (χ1n) is 11.0. The van der Waals surface area contributed by atoms with Crippen molar-refractivity contribution in [2.24, 2.45) is 0 Å². The Morgan fingerprint density at radius 1 is 0.788 bits per heavy atom. The van der Waals surface area contributed by atoms with Crippen molar-refractivity contribution in [3.8, 4) is 11.5 Å². The highest BCUT2D eigenvalue weighted by molar-refractivity contribution is 5.93. The molecule has 0 atom stereocenters. The Kier molecular flexibility index (Phi) is 7.19. The average molecular weight is 448 g/mol.